The first kappa shape index (κ1) is 20.6. The number of ether oxygens (including phenoxy) is 1. The lowest BCUT2D eigenvalue weighted by Crippen LogP contribution is -2.41. The zero-order chi connectivity index (χ0) is 20.6. The van der Waals surface area contributed by atoms with Crippen LogP contribution in [0.3, 0.4) is 0 Å². The summed E-state index contributed by atoms with van der Waals surface area (Å²) in [5, 5.41) is 2.53. The summed E-state index contributed by atoms with van der Waals surface area (Å²) in [5.41, 5.74) is 2.53. The largest absolute Gasteiger partial charge is 0.454 e. The summed E-state index contributed by atoms with van der Waals surface area (Å²) >= 11 is 0. The topological polar surface area (TPSA) is 75.7 Å². The van der Waals surface area contributed by atoms with Crippen LogP contribution < -0.4 is 5.32 Å². The Kier molecular flexibility index (Phi) is 7.00. The summed E-state index contributed by atoms with van der Waals surface area (Å²) in [7, 11) is 0. The SMILES string of the molecule is CC1CCN(C(=O)COC(=O)CNC(=O)c2ccc(-c3ccccc3)cc2)CC1. The van der Waals surface area contributed by atoms with Gasteiger partial charge in [0.15, 0.2) is 6.61 Å². The first-order chi connectivity index (χ1) is 14.0. The summed E-state index contributed by atoms with van der Waals surface area (Å²) in [4.78, 5) is 37.9. The molecule has 1 saturated heterocycles. The van der Waals surface area contributed by atoms with Crippen LogP contribution in [0.25, 0.3) is 11.1 Å². The van der Waals surface area contributed by atoms with Crippen molar-refractivity contribution in [3.8, 4) is 11.1 Å². The summed E-state index contributed by atoms with van der Waals surface area (Å²) in [6, 6.07) is 17.0. The van der Waals surface area contributed by atoms with Gasteiger partial charge >= 0.3 is 5.97 Å². The molecule has 0 atom stereocenters. The van der Waals surface area contributed by atoms with Gasteiger partial charge in [0.2, 0.25) is 0 Å². The molecule has 6 heteroatoms. The fourth-order valence-corrected chi connectivity index (χ4v) is 3.24. The average molecular weight is 394 g/mol. The van der Waals surface area contributed by atoms with Gasteiger partial charge < -0.3 is 15.0 Å². The highest BCUT2D eigenvalue weighted by molar-refractivity contribution is 5.96. The lowest BCUT2D eigenvalue weighted by Gasteiger charge is -2.30. The van der Waals surface area contributed by atoms with Gasteiger partial charge in [-0.25, -0.2) is 0 Å². The number of amides is 2. The fraction of sp³-hybridized carbons (Fsp3) is 0.348. The van der Waals surface area contributed by atoms with Crippen molar-refractivity contribution in [2.45, 2.75) is 19.8 Å². The molecule has 0 radical (unpaired) electrons. The van der Waals surface area contributed by atoms with Crippen molar-refractivity contribution in [3.05, 3.63) is 60.2 Å². The molecule has 0 unspecified atom stereocenters. The molecular weight excluding hydrogens is 368 g/mol. The second-order valence-corrected chi connectivity index (χ2v) is 7.35. The van der Waals surface area contributed by atoms with Gasteiger partial charge in [0, 0.05) is 18.7 Å². The van der Waals surface area contributed by atoms with Crippen LogP contribution in [-0.4, -0.2) is 48.9 Å². The lowest BCUT2D eigenvalue weighted by molar-refractivity contribution is -0.151. The van der Waals surface area contributed by atoms with Crippen LogP contribution in [0.2, 0.25) is 0 Å². The molecule has 0 spiro atoms. The maximum absolute atomic E-state index is 12.2. The number of nitrogens with one attached hydrogen (secondary N) is 1. The maximum Gasteiger partial charge on any atom is 0.325 e. The number of rotatable bonds is 6. The molecule has 0 aliphatic carbocycles. The summed E-state index contributed by atoms with van der Waals surface area (Å²) in [6.45, 7) is 3.01. The summed E-state index contributed by atoms with van der Waals surface area (Å²) in [5.74, 6) is -0.553. The van der Waals surface area contributed by atoms with Crippen LogP contribution in [0.1, 0.15) is 30.1 Å². The highest BCUT2D eigenvalue weighted by Crippen LogP contribution is 2.19. The quantitative estimate of drug-likeness (QED) is 0.765. The zero-order valence-electron chi connectivity index (χ0n) is 16.6. The smallest absolute Gasteiger partial charge is 0.325 e. The van der Waals surface area contributed by atoms with Gasteiger partial charge in [0.1, 0.15) is 6.54 Å². The van der Waals surface area contributed by atoms with Crippen molar-refractivity contribution in [1.82, 2.24) is 10.2 Å². The van der Waals surface area contributed by atoms with E-state index in [4.69, 9.17) is 4.74 Å². The Labute approximate surface area is 170 Å². The Balaban J connectivity index is 1.41. The van der Waals surface area contributed by atoms with Gasteiger partial charge in [-0.1, -0.05) is 49.4 Å². The minimum absolute atomic E-state index is 0.187. The van der Waals surface area contributed by atoms with Crippen molar-refractivity contribution < 1.29 is 19.1 Å². The van der Waals surface area contributed by atoms with E-state index < -0.39 is 5.97 Å². The Morgan fingerprint density at radius 1 is 0.966 bits per heavy atom. The molecule has 3 rings (SSSR count). The van der Waals surface area contributed by atoms with Crippen molar-refractivity contribution in [3.63, 3.8) is 0 Å². The Morgan fingerprint density at radius 2 is 1.59 bits per heavy atom. The van der Waals surface area contributed by atoms with E-state index in [1.807, 2.05) is 42.5 Å². The molecule has 6 nitrogen and oxygen atoms in total. The predicted molar refractivity (Wildman–Crippen MR) is 110 cm³/mol. The first-order valence-corrected chi connectivity index (χ1v) is 9.90. The van der Waals surface area contributed by atoms with Gasteiger partial charge in [-0.05, 0) is 42.0 Å². The van der Waals surface area contributed by atoms with Gasteiger partial charge in [-0.2, -0.15) is 0 Å². The highest BCUT2D eigenvalue weighted by Gasteiger charge is 2.21. The maximum atomic E-state index is 12.2. The summed E-state index contributed by atoms with van der Waals surface area (Å²) < 4.78 is 5.00. The number of carbonyl (C=O) groups excluding carboxylic acids is 3. The Hall–Kier alpha value is -3.15. The molecule has 2 amide bonds. The van der Waals surface area contributed by atoms with Crippen LogP contribution in [-0.2, 0) is 14.3 Å². The molecular formula is C23H26N2O4. The fourth-order valence-electron chi connectivity index (χ4n) is 3.24. The molecule has 1 heterocycles. The van der Waals surface area contributed by atoms with Crippen LogP contribution in [0.4, 0.5) is 0 Å². The molecule has 1 aliphatic rings. The third-order valence-electron chi connectivity index (χ3n) is 5.14. The lowest BCUT2D eigenvalue weighted by atomic mass is 9.99. The van der Waals surface area contributed by atoms with Gasteiger partial charge in [-0.3, -0.25) is 14.4 Å². The Bertz CT molecular complexity index is 841. The molecule has 2 aromatic rings. The van der Waals surface area contributed by atoms with E-state index in [1.54, 1.807) is 17.0 Å². The Morgan fingerprint density at radius 3 is 2.24 bits per heavy atom. The van der Waals surface area contributed by atoms with Crippen LogP contribution in [0, 0.1) is 5.92 Å². The van der Waals surface area contributed by atoms with Crippen LogP contribution in [0.15, 0.2) is 54.6 Å². The monoisotopic (exact) mass is 394 g/mol. The minimum Gasteiger partial charge on any atom is -0.454 e. The van der Waals surface area contributed by atoms with Crippen LogP contribution >= 0.6 is 0 Å². The van der Waals surface area contributed by atoms with Gasteiger partial charge in [0.25, 0.3) is 11.8 Å². The second-order valence-electron chi connectivity index (χ2n) is 7.35. The van der Waals surface area contributed by atoms with Gasteiger partial charge in [-0.15, -0.1) is 0 Å². The summed E-state index contributed by atoms with van der Waals surface area (Å²) in [6.07, 6.45) is 1.94. The number of hydrogen-bond acceptors (Lipinski definition) is 4. The van der Waals surface area contributed by atoms with E-state index in [-0.39, 0.29) is 25.0 Å². The van der Waals surface area contributed by atoms with E-state index in [9.17, 15) is 14.4 Å². The number of nitrogens with zero attached hydrogens (tertiary/aromatic N) is 1. The molecule has 0 aromatic heterocycles. The van der Waals surface area contributed by atoms with Gasteiger partial charge in [0.05, 0.1) is 0 Å². The molecule has 152 valence electrons. The third kappa shape index (κ3) is 5.91. The van der Waals surface area contributed by atoms with E-state index >= 15 is 0 Å². The predicted octanol–water partition coefficient (Wildman–Crippen LogP) is 2.89. The number of benzene rings is 2. The number of piperidine rings is 1. The minimum atomic E-state index is -0.627. The van der Waals surface area contributed by atoms with Crippen LogP contribution in [0.5, 0.6) is 0 Å². The number of hydrogen-bond donors (Lipinski definition) is 1. The van der Waals surface area contributed by atoms with Crippen molar-refractivity contribution >= 4 is 17.8 Å². The van der Waals surface area contributed by atoms with E-state index in [0.717, 1.165) is 24.0 Å². The molecule has 0 bridgehead atoms. The molecule has 2 aromatic carbocycles. The molecule has 0 saturated carbocycles. The average Bonchev–Trinajstić information content (AvgIpc) is 2.77. The number of likely N-dealkylation sites (tertiary alicyclic amines) is 1. The zero-order valence-corrected chi connectivity index (χ0v) is 16.6. The number of esters is 1. The molecule has 1 N–H and O–H groups in total. The van der Waals surface area contributed by atoms with Crippen molar-refractivity contribution in [1.29, 1.82) is 0 Å². The molecule has 29 heavy (non-hydrogen) atoms. The van der Waals surface area contributed by atoms with E-state index in [0.29, 0.717) is 24.6 Å². The highest BCUT2D eigenvalue weighted by atomic mass is 16.5. The van der Waals surface area contributed by atoms with Crippen molar-refractivity contribution in [2.24, 2.45) is 5.92 Å². The second kappa shape index (κ2) is 9.87. The molecule has 1 aliphatic heterocycles. The first-order valence-electron chi connectivity index (χ1n) is 9.90. The van der Waals surface area contributed by atoms with Crippen molar-refractivity contribution in [2.75, 3.05) is 26.2 Å². The number of carbonyl (C=O) groups is 3. The third-order valence-corrected chi connectivity index (χ3v) is 5.14. The normalized spacial score (nSPS) is 14.3. The van der Waals surface area contributed by atoms with E-state index in [1.165, 1.54) is 0 Å². The standard InChI is InChI=1S/C23H26N2O4/c1-17-11-13-25(14-12-17)21(26)16-29-22(27)15-24-23(28)20-9-7-19(8-10-20)18-5-3-2-4-6-18/h2-10,17H,11-16H2,1H3,(H,24,28). The van der Waals surface area contributed by atoms with E-state index in [2.05, 4.69) is 12.2 Å². The molecule has 1 fully saturated rings.